The monoisotopic (exact) mass is 496 g/mol. The van der Waals surface area contributed by atoms with E-state index in [9.17, 15) is 0 Å². The molecule has 0 atom stereocenters. The molecule has 3 aromatic rings. The van der Waals surface area contributed by atoms with Gasteiger partial charge in [-0.15, -0.1) is 24.0 Å². The highest BCUT2D eigenvalue weighted by atomic mass is 127. The van der Waals surface area contributed by atoms with Gasteiger partial charge in [0.15, 0.2) is 5.96 Å². The number of guanidine groups is 1. The predicted molar refractivity (Wildman–Crippen MR) is 120 cm³/mol. The molecule has 0 aliphatic carbocycles. The maximum absolute atomic E-state index is 6.18. The van der Waals surface area contributed by atoms with Crippen LogP contribution in [-0.2, 0) is 13.0 Å². The Balaban J connectivity index is 0.00000261. The first kappa shape index (κ1) is 21.2. The second-order valence-corrected chi connectivity index (χ2v) is 6.11. The van der Waals surface area contributed by atoms with Gasteiger partial charge in [0.2, 0.25) is 0 Å². The molecule has 0 saturated carbocycles. The standard InChI is InChI=1S/C19H21ClN6.HI/c1-21-19(23-11-10-16-4-2-3-5-18(16)20)24-12-15-6-8-17(9-7-15)26-14-22-13-25-26;/h2-9,13-14H,10-12H2,1H3,(H2,21,23,24);1H. The minimum absolute atomic E-state index is 0. The lowest BCUT2D eigenvalue weighted by molar-refractivity contribution is 0.794. The van der Waals surface area contributed by atoms with Crippen LogP contribution in [0.4, 0.5) is 0 Å². The lowest BCUT2D eigenvalue weighted by Gasteiger charge is -2.12. The van der Waals surface area contributed by atoms with Crippen LogP contribution in [0.25, 0.3) is 5.69 Å². The number of nitrogens with one attached hydrogen (secondary N) is 2. The van der Waals surface area contributed by atoms with Crippen molar-refractivity contribution in [3.8, 4) is 5.69 Å². The molecule has 2 aromatic carbocycles. The Labute approximate surface area is 181 Å². The third-order valence-electron chi connectivity index (χ3n) is 3.95. The second-order valence-electron chi connectivity index (χ2n) is 5.70. The van der Waals surface area contributed by atoms with Gasteiger partial charge in [-0.3, -0.25) is 4.99 Å². The molecule has 0 aliphatic heterocycles. The summed E-state index contributed by atoms with van der Waals surface area (Å²) in [6, 6.07) is 16.0. The van der Waals surface area contributed by atoms with Crippen LogP contribution in [0.15, 0.2) is 66.2 Å². The van der Waals surface area contributed by atoms with Gasteiger partial charge in [-0.2, -0.15) is 5.10 Å². The summed E-state index contributed by atoms with van der Waals surface area (Å²) in [6.07, 6.45) is 4.04. The highest BCUT2D eigenvalue weighted by Crippen LogP contribution is 2.14. The predicted octanol–water partition coefficient (Wildman–Crippen LogP) is 3.45. The Hall–Kier alpha value is -2.13. The van der Waals surface area contributed by atoms with Crippen LogP contribution in [0.1, 0.15) is 11.1 Å². The van der Waals surface area contributed by atoms with Crippen molar-refractivity contribution in [2.75, 3.05) is 13.6 Å². The van der Waals surface area contributed by atoms with Crippen molar-refractivity contribution < 1.29 is 0 Å². The Bertz CT molecular complexity index is 849. The highest BCUT2D eigenvalue weighted by molar-refractivity contribution is 14.0. The van der Waals surface area contributed by atoms with Gasteiger partial charge in [-0.05, 0) is 35.7 Å². The summed E-state index contributed by atoms with van der Waals surface area (Å²) < 4.78 is 1.73. The van der Waals surface area contributed by atoms with Crippen LogP contribution in [0.3, 0.4) is 0 Å². The highest BCUT2D eigenvalue weighted by Gasteiger charge is 2.02. The maximum atomic E-state index is 6.18. The summed E-state index contributed by atoms with van der Waals surface area (Å²) in [4.78, 5) is 8.21. The van der Waals surface area contributed by atoms with Crippen LogP contribution in [0.2, 0.25) is 5.02 Å². The summed E-state index contributed by atoms with van der Waals surface area (Å²) in [6.45, 7) is 1.44. The summed E-state index contributed by atoms with van der Waals surface area (Å²) in [7, 11) is 1.76. The lowest BCUT2D eigenvalue weighted by Crippen LogP contribution is -2.37. The summed E-state index contributed by atoms with van der Waals surface area (Å²) in [5.41, 5.74) is 3.26. The topological polar surface area (TPSA) is 67.1 Å². The average molecular weight is 497 g/mol. The molecular formula is C19H22ClIN6. The fourth-order valence-electron chi connectivity index (χ4n) is 2.53. The van der Waals surface area contributed by atoms with Crippen LogP contribution >= 0.6 is 35.6 Å². The molecule has 1 heterocycles. The third-order valence-corrected chi connectivity index (χ3v) is 4.32. The quantitative estimate of drug-likeness (QED) is 0.312. The number of nitrogens with zero attached hydrogens (tertiary/aromatic N) is 4. The molecule has 0 bridgehead atoms. The van der Waals surface area contributed by atoms with Crippen molar-refractivity contribution in [1.82, 2.24) is 25.4 Å². The molecule has 3 rings (SSSR count). The number of aromatic nitrogens is 3. The van der Waals surface area contributed by atoms with E-state index in [2.05, 4.69) is 37.8 Å². The molecular weight excluding hydrogens is 475 g/mol. The van der Waals surface area contributed by atoms with Gasteiger partial charge in [0, 0.05) is 25.2 Å². The number of halogens is 2. The maximum Gasteiger partial charge on any atom is 0.191 e. The number of hydrogen-bond acceptors (Lipinski definition) is 3. The van der Waals surface area contributed by atoms with Gasteiger partial charge in [0.25, 0.3) is 0 Å². The van der Waals surface area contributed by atoms with Crippen molar-refractivity contribution in [1.29, 1.82) is 0 Å². The van der Waals surface area contributed by atoms with E-state index >= 15 is 0 Å². The van der Waals surface area contributed by atoms with Crippen molar-refractivity contribution >= 4 is 41.5 Å². The van der Waals surface area contributed by atoms with Crippen LogP contribution < -0.4 is 10.6 Å². The lowest BCUT2D eigenvalue weighted by atomic mass is 10.1. The Kier molecular flexibility index (Phi) is 8.53. The first-order valence-electron chi connectivity index (χ1n) is 8.38. The molecule has 27 heavy (non-hydrogen) atoms. The molecule has 2 N–H and O–H groups in total. The van der Waals surface area contributed by atoms with E-state index in [0.29, 0.717) is 6.54 Å². The number of benzene rings is 2. The Morgan fingerprint density at radius 2 is 1.89 bits per heavy atom. The van der Waals surface area contributed by atoms with Gasteiger partial charge < -0.3 is 10.6 Å². The summed E-state index contributed by atoms with van der Waals surface area (Å²) in [5.74, 6) is 0.761. The first-order chi connectivity index (χ1) is 12.8. The van der Waals surface area contributed by atoms with E-state index < -0.39 is 0 Å². The van der Waals surface area contributed by atoms with E-state index in [-0.39, 0.29) is 24.0 Å². The van der Waals surface area contributed by atoms with Crippen molar-refractivity contribution in [2.45, 2.75) is 13.0 Å². The van der Waals surface area contributed by atoms with E-state index in [1.54, 1.807) is 18.1 Å². The fraction of sp³-hybridized carbons (Fsp3) is 0.211. The average Bonchev–Trinajstić information content (AvgIpc) is 3.21. The number of aliphatic imine (C=N–C) groups is 1. The zero-order valence-electron chi connectivity index (χ0n) is 15.0. The van der Waals surface area contributed by atoms with Gasteiger partial charge in [0.1, 0.15) is 12.7 Å². The van der Waals surface area contributed by atoms with Crippen LogP contribution in [-0.4, -0.2) is 34.3 Å². The molecule has 1 aromatic heterocycles. The van der Waals surface area contributed by atoms with Gasteiger partial charge in [-0.1, -0.05) is 41.9 Å². The molecule has 0 amide bonds. The van der Waals surface area contributed by atoms with Crippen molar-refractivity contribution in [2.24, 2.45) is 4.99 Å². The minimum Gasteiger partial charge on any atom is -0.356 e. The smallest absolute Gasteiger partial charge is 0.191 e. The molecule has 0 spiro atoms. The number of hydrogen-bond donors (Lipinski definition) is 2. The minimum atomic E-state index is 0. The summed E-state index contributed by atoms with van der Waals surface area (Å²) in [5, 5.41) is 11.5. The molecule has 0 fully saturated rings. The zero-order valence-corrected chi connectivity index (χ0v) is 18.1. The fourth-order valence-corrected chi connectivity index (χ4v) is 2.76. The van der Waals surface area contributed by atoms with Crippen LogP contribution in [0.5, 0.6) is 0 Å². The molecule has 0 unspecified atom stereocenters. The Morgan fingerprint density at radius 3 is 2.56 bits per heavy atom. The van der Waals surface area contributed by atoms with E-state index in [1.165, 1.54) is 6.33 Å². The van der Waals surface area contributed by atoms with Crippen molar-refractivity contribution in [3.05, 3.63) is 77.3 Å². The van der Waals surface area contributed by atoms with Gasteiger partial charge in [-0.25, -0.2) is 9.67 Å². The van der Waals surface area contributed by atoms with Gasteiger partial charge >= 0.3 is 0 Å². The molecule has 0 saturated heterocycles. The second kappa shape index (κ2) is 10.9. The SMILES string of the molecule is CN=C(NCCc1ccccc1Cl)NCc1ccc(-n2cncn2)cc1.I. The normalized spacial score (nSPS) is 11.0. The molecule has 0 radical (unpaired) electrons. The third kappa shape index (κ3) is 6.21. The molecule has 6 nitrogen and oxygen atoms in total. The van der Waals surface area contributed by atoms with Gasteiger partial charge in [0.05, 0.1) is 5.69 Å². The van der Waals surface area contributed by atoms with Crippen LogP contribution in [0, 0.1) is 0 Å². The van der Waals surface area contributed by atoms with E-state index in [1.807, 2.05) is 36.4 Å². The molecule has 142 valence electrons. The first-order valence-corrected chi connectivity index (χ1v) is 8.76. The van der Waals surface area contributed by atoms with Crippen molar-refractivity contribution in [3.63, 3.8) is 0 Å². The summed E-state index contributed by atoms with van der Waals surface area (Å²) >= 11 is 6.18. The largest absolute Gasteiger partial charge is 0.356 e. The number of rotatable bonds is 6. The van der Waals surface area contributed by atoms with E-state index in [0.717, 1.165) is 40.8 Å². The Morgan fingerprint density at radius 1 is 1.11 bits per heavy atom. The zero-order chi connectivity index (χ0) is 18.2. The molecule has 0 aliphatic rings. The van der Waals surface area contributed by atoms with E-state index in [4.69, 9.17) is 11.6 Å². The molecule has 8 heteroatoms.